The van der Waals surface area contributed by atoms with E-state index < -0.39 is 0 Å². The van der Waals surface area contributed by atoms with Crippen molar-refractivity contribution in [1.82, 2.24) is 9.66 Å². The van der Waals surface area contributed by atoms with Crippen molar-refractivity contribution in [1.29, 1.82) is 0 Å². The van der Waals surface area contributed by atoms with Crippen LogP contribution in [0.3, 0.4) is 0 Å². The van der Waals surface area contributed by atoms with E-state index in [0.717, 1.165) is 28.6 Å². The van der Waals surface area contributed by atoms with Crippen molar-refractivity contribution in [3.63, 3.8) is 0 Å². The molecular weight excluding hydrogens is 442 g/mol. The molecule has 0 amide bonds. The summed E-state index contributed by atoms with van der Waals surface area (Å²) >= 11 is 3.44. The van der Waals surface area contributed by atoms with Gasteiger partial charge in [0.2, 0.25) is 0 Å². The summed E-state index contributed by atoms with van der Waals surface area (Å²) in [5.74, 6) is 1.46. The Bertz CT molecular complexity index is 1110. The molecule has 0 saturated carbocycles. The molecule has 0 spiro atoms. The first-order chi connectivity index (χ1) is 14.3. The molecule has 1 aromatic heterocycles. The Morgan fingerprint density at radius 1 is 1.20 bits per heavy atom. The monoisotopic (exact) mass is 469 g/mol. The molecule has 6 heteroatoms. The van der Waals surface area contributed by atoms with Gasteiger partial charge in [-0.25, -0.2) is 4.98 Å². The first-order valence-electron chi connectivity index (χ1n) is 10.3. The Labute approximate surface area is 185 Å². The smallest absolute Gasteiger partial charge is 0.282 e. The van der Waals surface area contributed by atoms with E-state index in [4.69, 9.17) is 9.72 Å². The zero-order valence-corrected chi connectivity index (χ0v) is 19.6. The highest BCUT2D eigenvalue weighted by molar-refractivity contribution is 9.10. The quantitative estimate of drug-likeness (QED) is 0.410. The first-order valence-corrected chi connectivity index (χ1v) is 11.0. The van der Waals surface area contributed by atoms with Crippen LogP contribution in [-0.2, 0) is 6.42 Å². The second kappa shape index (κ2) is 9.56. The van der Waals surface area contributed by atoms with E-state index in [1.165, 1.54) is 4.68 Å². The summed E-state index contributed by atoms with van der Waals surface area (Å²) in [4.78, 5) is 17.8. The highest BCUT2D eigenvalue weighted by Crippen LogP contribution is 2.19. The summed E-state index contributed by atoms with van der Waals surface area (Å²) in [5, 5.41) is 5.05. The third kappa shape index (κ3) is 5.79. The van der Waals surface area contributed by atoms with Gasteiger partial charge in [0.05, 0.1) is 23.7 Å². The molecule has 0 aliphatic carbocycles. The predicted octanol–water partition coefficient (Wildman–Crippen LogP) is 5.81. The molecule has 30 heavy (non-hydrogen) atoms. The minimum absolute atomic E-state index is 0.0800. The lowest BCUT2D eigenvalue weighted by Crippen LogP contribution is -2.22. The largest absolute Gasteiger partial charge is 0.493 e. The van der Waals surface area contributed by atoms with Crippen LogP contribution < -0.4 is 10.3 Å². The Balaban J connectivity index is 1.96. The molecule has 0 saturated heterocycles. The Hall–Kier alpha value is -2.47. The van der Waals surface area contributed by atoms with Crippen LogP contribution in [0, 0.1) is 5.41 Å². The number of aromatic nitrogens is 2. The van der Waals surface area contributed by atoms with Crippen molar-refractivity contribution in [3.8, 4) is 5.75 Å². The second-order valence-electron chi connectivity index (χ2n) is 8.58. The summed E-state index contributed by atoms with van der Waals surface area (Å²) in [6.07, 6.45) is 4.35. The molecule has 0 N–H and O–H groups in total. The van der Waals surface area contributed by atoms with E-state index in [2.05, 4.69) is 48.7 Å². The average molecular weight is 470 g/mol. The van der Waals surface area contributed by atoms with Gasteiger partial charge in [0.1, 0.15) is 11.6 Å². The Morgan fingerprint density at radius 2 is 2.00 bits per heavy atom. The summed E-state index contributed by atoms with van der Waals surface area (Å²) in [6, 6.07) is 13.3. The van der Waals surface area contributed by atoms with Crippen LogP contribution in [0.25, 0.3) is 10.9 Å². The molecule has 1 heterocycles. The van der Waals surface area contributed by atoms with E-state index >= 15 is 0 Å². The van der Waals surface area contributed by atoms with E-state index in [-0.39, 0.29) is 11.0 Å². The van der Waals surface area contributed by atoms with E-state index in [0.29, 0.717) is 29.8 Å². The second-order valence-corrected chi connectivity index (χ2v) is 9.49. The molecular formula is C24H28BrN3O2. The third-order valence-corrected chi connectivity index (χ3v) is 4.97. The molecule has 2 aromatic carbocycles. The van der Waals surface area contributed by atoms with E-state index in [1.807, 2.05) is 36.4 Å². The number of nitrogens with zero attached hydrogens (tertiary/aromatic N) is 3. The van der Waals surface area contributed by atoms with Crippen molar-refractivity contribution >= 4 is 33.0 Å². The van der Waals surface area contributed by atoms with E-state index in [1.54, 1.807) is 12.3 Å². The minimum atomic E-state index is -0.163. The fourth-order valence-corrected chi connectivity index (χ4v) is 3.28. The number of rotatable bonds is 7. The summed E-state index contributed by atoms with van der Waals surface area (Å²) in [6.45, 7) is 9.14. The molecule has 0 aliphatic heterocycles. The number of halogens is 1. The number of hydrogen-bond acceptors (Lipinski definition) is 4. The molecule has 0 atom stereocenters. The molecule has 0 fully saturated rings. The van der Waals surface area contributed by atoms with Gasteiger partial charge in [0, 0.05) is 10.9 Å². The Morgan fingerprint density at radius 3 is 2.73 bits per heavy atom. The molecule has 158 valence electrons. The van der Waals surface area contributed by atoms with Gasteiger partial charge < -0.3 is 4.74 Å². The van der Waals surface area contributed by atoms with Gasteiger partial charge in [0.15, 0.2) is 0 Å². The van der Waals surface area contributed by atoms with Gasteiger partial charge in [-0.1, -0.05) is 62.2 Å². The molecule has 3 rings (SSSR count). The van der Waals surface area contributed by atoms with Crippen LogP contribution in [-0.4, -0.2) is 22.5 Å². The van der Waals surface area contributed by atoms with Gasteiger partial charge >= 0.3 is 0 Å². The van der Waals surface area contributed by atoms with Gasteiger partial charge in [-0.2, -0.15) is 9.78 Å². The molecule has 0 radical (unpaired) electrons. The SMILES string of the molecule is CCCCc1nc2ccc(Br)cc2c(=O)n1N=Cc1cccc(OCC(C)(C)C)c1. The highest BCUT2D eigenvalue weighted by atomic mass is 79.9. The zero-order chi connectivity index (χ0) is 21.7. The van der Waals surface area contributed by atoms with Gasteiger partial charge in [-0.15, -0.1) is 0 Å². The summed E-state index contributed by atoms with van der Waals surface area (Å²) in [5.41, 5.74) is 1.47. The number of aryl methyl sites for hydroxylation is 1. The zero-order valence-electron chi connectivity index (χ0n) is 18.0. The molecule has 0 unspecified atom stereocenters. The van der Waals surface area contributed by atoms with E-state index in [9.17, 15) is 4.79 Å². The van der Waals surface area contributed by atoms with Crippen molar-refractivity contribution in [2.24, 2.45) is 10.5 Å². The normalized spacial score (nSPS) is 12.0. The lowest BCUT2D eigenvalue weighted by atomic mass is 9.99. The lowest BCUT2D eigenvalue weighted by Gasteiger charge is -2.18. The van der Waals surface area contributed by atoms with Crippen molar-refractivity contribution in [2.75, 3.05) is 6.61 Å². The van der Waals surface area contributed by atoms with Crippen LogP contribution in [0.4, 0.5) is 0 Å². The van der Waals surface area contributed by atoms with Gasteiger partial charge in [-0.3, -0.25) is 4.79 Å². The number of hydrogen-bond donors (Lipinski definition) is 0. The van der Waals surface area contributed by atoms with Crippen LogP contribution in [0.5, 0.6) is 5.75 Å². The van der Waals surface area contributed by atoms with Crippen LogP contribution in [0.2, 0.25) is 0 Å². The van der Waals surface area contributed by atoms with Gasteiger partial charge in [-0.05, 0) is 47.7 Å². The number of unbranched alkanes of at least 4 members (excludes halogenated alkanes) is 1. The fraction of sp³-hybridized carbons (Fsp3) is 0.375. The number of fused-ring (bicyclic) bond motifs is 1. The van der Waals surface area contributed by atoms with Crippen molar-refractivity contribution in [3.05, 3.63) is 68.7 Å². The maximum atomic E-state index is 13.1. The summed E-state index contributed by atoms with van der Waals surface area (Å²) < 4.78 is 8.15. The molecule has 0 aliphatic rings. The first kappa shape index (κ1) is 22.2. The number of ether oxygens (including phenoxy) is 1. The standard InChI is InChI=1S/C24H28BrN3O2/c1-5-6-10-22-27-21-12-11-18(25)14-20(21)23(29)28(22)26-15-17-8-7-9-19(13-17)30-16-24(2,3)4/h7-9,11-15H,5-6,10,16H2,1-4H3. The number of benzene rings is 2. The topological polar surface area (TPSA) is 56.5 Å². The van der Waals surface area contributed by atoms with Crippen LogP contribution in [0.1, 0.15) is 51.9 Å². The molecule has 0 bridgehead atoms. The van der Waals surface area contributed by atoms with Crippen LogP contribution in [0.15, 0.2) is 56.8 Å². The average Bonchev–Trinajstić information content (AvgIpc) is 2.70. The molecule has 3 aromatic rings. The van der Waals surface area contributed by atoms with Gasteiger partial charge in [0.25, 0.3) is 5.56 Å². The third-order valence-electron chi connectivity index (χ3n) is 4.48. The highest BCUT2D eigenvalue weighted by Gasteiger charge is 2.12. The maximum absolute atomic E-state index is 13.1. The Kier molecular flexibility index (Phi) is 7.08. The fourth-order valence-electron chi connectivity index (χ4n) is 2.92. The van der Waals surface area contributed by atoms with Crippen LogP contribution >= 0.6 is 15.9 Å². The molecule has 5 nitrogen and oxygen atoms in total. The maximum Gasteiger partial charge on any atom is 0.282 e. The predicted molar refractivity (Wildman–Crippen MR) is 127 cm³/mol. The minimum Gasteiger partial charge on any atom is -0.493 e. The van der Waals surface area contributed by atoms with Crippen molar-refractivity contribution < 1.29 is 4.74 Å². The van der Waals surface area contributed by atoms with Crippen molar-refractivity contribution in [2.45, 2.75) is 47.0 Å². The summed E-state index contributed by atoms with van der Waals surface area (Å²) in [7, 11) is 0. The lowest BCUT2D eigenvalue weighted by molar-refractivity contribution is 0.198.